The third-order valence-corrected chi connectivity index (χ3v) is 6.18. The molecule has 130 valence electrons. The third kappa shape index (κ3) is 8.06. The van der Waals surface area contributed by atoms with Crippen molar-refractivity contribution in [2.45, 2.75) is 18.5 Å². The average molecular weight is 389 g/mol. The number of alkyl halides is 2. The van der Waals surface area contributed by atoms with Crippen molar-refractivity contribution in [1.82, 2.24) is 0 Å². The summed E-state index contributed by atoms with van der Waals surface area (Å²) in [7, 11) is -0.0895. The Balaban J connectivity index is 0.000000701. The first kappa shape index (κ1) is 20.0. The zero-order valence-corrected chi connectivity index (χ0v) is 16.6. The molecule has 0 N–H and O–H groups in total. The second kappa shape index (κ2) is 12.1. The van der Waals surface area contributed by atoms with E-state index in [9.17, 15) is 0 Å². The lowest BCUT2D eigenvalue weighted by Gasteiger charge is -2.18. The highest BCUT2D eigenvalue weighted by molar-refractivity contribution is 7.55. The molecule has 0 aliphatic carbocycles. The highest BCUT2D eigenvalue weighted by atomic mass is 35.5. The second-order valence-electron chi connectivity index (χ2n) is 5.70. The van der Waals surface area contributed by atoms with Crippen LogP contribution in [0.5, 0.6) is 0 Å². The fraction of sp³-hybridized carbons (Fsp3) is 0.182. The molecule has 0 nitrogen and oxygen atoms in total. The van der Waals surface area contributed by atoms with Crippen molar-refractivity contribution in [2.24, 2.45) is 0 Å². The van der Waals surface area contributed by atoms with E-state index in [0.29, 0.717) is 0 Å². The van der Waals surface area contributed by atoms with Crippen LogP contribution >= 0.6 is 31.1 Å². The Morgan fingerprint density at radius 3 is 0.960 bits per heavy atom. The van der Waals surface area contributed by atoms with Gasteiger partial charge in [0, 0.05) is 0 Å². The van der Waals surface area contributed by atoms with Crippen LogP contribution in [0.2, 0.25) is 0 Å². The number of hydrogen-bond acceptors (Lipinski definition) is 0. The molecule has 25 heavy (non-hydrogen) atoms. The summed E-state index contributed by atoms with van der Waals surface area (Å²) in [6.45, 7) is 0. The average Bonchev–Trinajstić information content (AvgIpc) is 2.65. The standard InChI is InChI=1S/C21H21P.CH2Cl2/c1-4-10-19(11-5-1)16-22(17-20-12-6-2-7-13-20)18-21-14-8-3-9-15-21;2-1-3/h1-15H,16-18H2;1H2. The summed E-state index contributed by atoms with van der Waals surface area (Å²) in [5.41, 5.74) is 4.38. The molecule has 0 radical (unpaired) electrons. The monoisotopic (exact) mass is 388 g/mol. The Bertz CT molecular complexity index is 588. The van der Waals surface area contributed by atoms with Gasteiger partial charge in [-0.05, 0) is 35.2 Å². The van der Waals surface area contributed by atoms with Gasteiger partial charge in [0.1, 0.15) is 0 Å². The smallest absolute Gasteiger partial charge is 0.0967 e. The maximum absolute atomic E-state index is 4.76. The maximum atomic E-state index is 4.76. The molecule has 0 fully saturated rings. The minimum absolute atomic E-state index is 0.0895. The molecule has 3 heteroatoms. The maximum Gasteiger partial charge on any atom is 0.0967 e. The Labute approximate surface area is 162 Å². The van der Waals surface area contributed by atoms with Gasteiger partial charge in [0.2, 0.25) is 0 Å². The summed E-state index contributed by atoms with van der Waals surface area (Å²) in [5, 5.41) is 0.194. The Kier molecular flexibility index (Phi) is 9.67. The lowest BCUT2D eigenvalue weighted by atomic mass is 10.2. The molecule has 0 amide bonds. The van der Waals surface area contributed by atoms with Crippen molar-refractivity contribution in [3.63, 3.8) is 0 Å². The first-order chi connectivity index (χ1) is 12.3. The van der Waals surface area contributed by atoms with Crippen LogP contribution in [0.1, 0.15) is 16.7 Å². The molecule has 0 spiro atoms. The summed E-state index contributed by atoms with van der Waals surface area (Å²) in [6.07, 6.45) is 3.58. The highest BCUT2D eigenvalue weighted by Gasteiger charge is 2.11. The summed E-state index contributed by atoms with van der Waals surface area (Å²) in [4.78, 5) is 0. The fourth-order valence-electron chi connectivity index (χ4n) is 2.69. The van der Waals surface area contributed by atoms with Crippen LogP contribution in [0.15, 0.2) is 91.0 Å². The van der Waals surface area contributed by atoms with Gasteiger partial charge in [0.15, 0.2) is 0 Å². The van der Waals surface area contributed by atoms with E-state index in [2.05, 4.69) is 91.0 Å². The van der Waals surface area contributed by atoms with Crippen molar-refractivity contribution in [3.8, 4) is 0 Å². The number of hydrogen-bond donors (Lipinski definition) is 0. The van der Waals surface area contributed by atoms with Crippen molar-refractivity contribution in [3.05, 3.63) is 108 Å². The Morgan fingerprint density at radius 1 is 0.480 bits per heavy atom. The van der Waals surface area contributed by atoms with Gasteiger partial charge in [-0.25, -0.2) is 0 Å². The van der Waals surface area contributed by atoms with Crippen LogP contribution < -0.4 is 0 Å². The molecule has 0 aliphatic rings. The Hall–Kier alpha value is -1.33. The first-order valence-electron chi connectivity index (χ1n) is 8.28. The molecule has 0 aliphatic heterocycles. The number of halogens is 2. The van der Waals surface area contributed by atoms with Crippen LogP contribution in [0, 0.1) is 0 Å². The van der Waals surface area contributed by atoms with Crippen molar-refractivity contribution in [2.75, 3.05) is 5.34 Å². The predicted octanol–water partition coefficient (Wildman–Crippen LogP) is 7.49. The molecule has 3 rings (SSSR count). The molecule has 0 heterocycles. The molecule has 0 saturated heterocycles. The van der Waals surface area contributed by atoms with Crippen LogP contribution in [0.3, 0.4) is 0 Å². The summed E-state index contributed by atoms with van der Waals surface area (Å²) in [5.74, 6) is 0. The lowest BCUT2D eigenvalue weighted by Crippen LogP contribution is -1.93. The van der Waals surface area contributed by atoms with Crippen molar-refractivity contribution < 1.29 is 0 Å². The second-order valence-corrected chi connectivity index (χ2v) is 8.80. The summed E-state index contributed by atoms with van der Waals surface area (Å²) < 4.78 is 0. The minimum Gasteiger partial charge on any atom is -0.109 e. The van der Waals surface area contributed by atoms with E-state index in [1.807, 2.05) is 0 Å². The predicted molar refractivity (Wildman–Crippen MR) is 114 cm³/mol. The molecule has 3 aromatic carbocycles. The third-order valence-electron chi connectivity index (χ3n) is 3.75. The molecule has 3 aromatic rings. The van der Waals surface area contributed by atoms with Gasteiger partial charge < -0.3 is 0 Å². The topological polar surface area (TPSA) is 0 Å². The van der Waals surface area contributed by atoms with Crippen molar-refractivity contribution >= 4 is 31.1 Å². The fourth-order valence-corrected chi connectivity index (χ4v) is 5.21. The zero-order valence-electron chi connectivity index (χ0n) is 14.2. The zero-order chi connectivity index (χ0) is 17.7. The van der Waals surface area contributed by atoms with E-state index >= 15 is 0 Å². The molecular formula is C22H23Cl2P. The van der Waals surface area contributed by atoms with E-state index in [1.54, 1.807) is 0 Å². The minimum atomic E-state index is -0.0895. The van der Waals surface area contributed by atoms with E-state index in [-0.39, 0.29) is 13.3 Å². The van der Waals surface area contributed by atoms with Gasteiger partial charge in [0.05, 0.1) is 5.34 Å². The molecular weight excluding hydrogens is 366 g/mol. The normalized spacial score (nSPS) is 10.2. The van der Waals surface area contributed by atoms with Gasteiger partial charge in [0.25, 0.3) is 0 Å². The quantitative estimate of drug-likeness (QED) is 0.303. The largest absolute Gasteiger partial charge is 0.109 e. The van der Waals surface area contributed by atoms with Crippen LogP contribution in [0.25, 0.3) is 0 Å². The van der Waals surface area contributed by atoms with E-state index < -0.39 is 0 Å². The van der Waals surface area contributed by atoms with Gasteiger partial charge in [-0.15, -0.1) is 23.2 Å². The summed E-state index contributed by atoms with van der Waals surface area (Å²) >= 11 is 9.53. The van der Waals surface area contributed by atoms with E-state index in [4.69, 9.17) is 23.2 Å². The highest BCUT2D eigenvalue weighted by Crippen LogP contribution is 2.46. The molecule has 0 atom stereocenters. The van der Waals surface area contributed by atoms with E-state index in [1.165, 1.54) is 35.2 Å². The van der Waals surface area contributed by atoms with E-state index in [0.717, 1.165) is 0 Å². The van der Waals surface area contributed by atoms with Crippen LogP contribution in [0.4, 0.5) is 0 Å². The number of rotatable bonds is 6. The summed E-state index contributed by atoms with van der Waals surface area (Å²) in [6, 6.07) is 32.7. The van der Waals surface area contributed by atoms with Gasteiger partial charge in [-0.2, -0.15) is 0 Å². The van der Waals surface area contributed by atoms with Gasteiger partial charge in [-0.3, -0.25) is 0 Å². The molecule has 0 bridgehead atoms. The van der Waals surface area contributed by atoms with Gasteiger partial charge >= 0.3 is 0 Å². The Morgan fingerprint density at radius 2 is 0.720 bits per heavy atom. The van der Waals surface area contributed by atoms with Crippen LogP contribution in [-0.2, 0) is 18.5 Å². The van der Waals surface area contributed by atoms with Gasteiger partial charge in [-0.1, -0.05) is 98.9 Å². The lowest BCUT2D eigenvalue weighted by molar-refractivity contribution is 1.26. The number of benzene rings is 3. The molecule has 0 unspecified atom stereocenters. The molecule has 0 saturated carbocycles. The molecule has 0 aromatic heterocycles. The van der Waals surface area contributed by atoms with Crippen molar-refractivity contribution in [1.29, 1.82) is 0 Å². The SMILES string of the molecule is ClCCl.c1ccc(CP(Cc2ccccc2)Cc2ccccc2)cc1. The first-order valence-corrected chi connectivity index (χ1v) is 11.2. The van der Waals surface area contributed by atoms with Crippen LogP contribution in [-0.4, -0.2) is 5.34 Å².